The van der Waals surface area contributed by atoms with E-state index in [1.807, 2.05) is 0 Å². The second-order valence-electron chi connectivity index (χ2n) is 4.27. The third-order valence-corrected chi connectivity index (χ3v) is 5.01. The molecular formula is C12H21NO2Se. The molecule has 1 aliphatic rings. The predicted molar refractivity (Wildman–Crippen MR) is 65.6 cm³/mol. The molecule has 1 rings (SSSR count). The first-order chi connectivity index (χ1) is 7.79. The maximum atomic E-state index is 11.9. The zero-order valence-corrected chi connectivity index (χ0v) is 11.7. The summed E-state index contributed by atoms with van der Waals surface area (Å²) >= 11 is -0.0334. The van der Waals surface area contributed by atoms with Crippen LogP contribution in [-0.2, 0) is 4.79 Å². The second kappa shape index (κ2) is 7.86. The van der Waals surface area contributed by atoms with E-state index in [-0.39, 0.29) is 25.8 Å². The molecule has 0 aromatic carbocycles. The topological polar surface area (TPSA) is 37.4 Å². The number of rotatable bonds is 6. The van der Waals surface area contributed by atoms with Gasteiger partial charge < -0.3 is 0 Å². The first-order valence-electron chi connectivity index (χ1n) is 6.20. The van der Waals surface area contributed by atoms with E-state index in [1.54, 1.807) is 0 Å². The van der Waals surface area contributed by atoms with Gasteiger partial charge in [0.25, 0.3) is 0 Å². The Hall–Kier alpha value is -0.341. The summed E-state index contributed by atoms with van der Waals surface area (Å²) in [6, 6.07) is 0.197. The normalized spacial score (nSPS) is 17.1. The fourth-order valence-electron chi connectivity index (χ4n) is 2.02. The summed E-state index contributed by atoms with van der Waals surface area (Å²) in [5.41, 5.74) is 0. The van der Waals surface area contributed by atoms with Gasteiger partial charge in [-0.1, -0.05) is 0 Å². The summed E-state index contributed by atoms with van der Waals surface area (Å²) in [7, 11) is 0. The van der Waals surface area contributed by atoms with Crippen LogP contribution < -0.4 is 0 Å². The van der Waals surface area contributed by atoms with Gasteiger partial charge >= 0.3 is 104 Å². The number of carbonyl (C=O) groups is 2. The minimum absolute atomic E-state index is 0.0334. The van der Waals surface area contributed by atoms with Gasteiger partial charge in [0.15, 0.2) is 0 Å². The Bertz CT molecular complexity index is 227. The Morgan fingerprint density at radius 3 is 2.62 bits per heavy atom. The minimum atomic E-state index is -0.0334. The number of hydrogen-bond acceptors (Lipinski definition) is 2. The van der Waals surface area contributed by atoms with Gasteiger partial charge in [0.05, 0.1) is 0 Å². The van der Waals surface area contributed by atoms with Gasteiger partial charge in [-0.2, -0.15) is 0 Å². The molecule has 0 aromatic heterocycles. The summed E-state index contributed by atoms with van der Waals surface area (Å²) in [6.45, 7) is 2.12. The van der Waals surface area contributed by atoms with Crippen LogP contribution in [0.25, 0.3) is 0 Å². The van der Waals surface area contributed by atoms with Crippen LogP contribution in [0.1, 0.15) is 51.9 Å². The quantitative estimate of drug-likeness (QED) is 0.428. The molecule has 0 bridgehead atoms. The average molecular weight is 290 g/mol. The van der Waals surface area contributed by atoms with E-state index in [0.29, 0.717) is 0 Å². The number of nitrogens with zero attached hydrogens (tertiary/aromatic N) is 1. The third-order valence-electron chi connectivity index (χ3n) is 3.02. The van der Waals surface area contributed by atoms with Gasteiger partial charge in [-0.25, -0.2) is 0 Å². The van der Waals surface area contributed by atoms with Crippen LogP contribution >= 0.6 is 0 Å². The molecule has 0 unspecified atom stereocenters. The monoisotopic (exact) mass is 291 g/mol. The van der Waals surface area contributed by atoms with Crippen molar-refractivity contribution in [3.8, 4) is 0 Å². The Morgan fingerprint density at radius 1 is 1.38 bits per heavy atom. The van der Waals surface area contributed by atoms with E-state index >= 15 is 0 Å². The van der Waals surface area contributed by atoms with Gasteiger partial charge in [-0.3, -0.25) is 0 Å². The first kappa shape index (κ1) is 13.7. The fourth-order valence-corrected chi connectivity index (χ4v) is 4.01. The Labute approximate surface area is 104 Å². The molecule has 0 atom stereocenters. The van der Waals surface area contributed by atoms with Crippen LogP contribution in [-0.4, -0.2) is 37.1 Å². The molecule has 4 heteroatoms. The van der Waals surface area contributed by atoms with Crippen molar-refractivity contribution in [1.29, 1.82) is 0 Å². The Balaban J connectivity index is 2.38. The molecule has 0 aromatic rings. The molecule has 0 N–H and O–H groups in total. The van der Waals surface area contributed by atoms with Crippen LogP contribution in [0.15, 0.2) is 0 Å². The molecule has 1 fully saturated rings. The summed E-state index contributed by atoms with van der Waals surface area (Å²) in [6.07, 6.45) is 8.56. The van der Waals surface area contributed by atoms with Crippen molar-refractivity contribution < 1.29 is 9.59 Å². The van der Waals surface area contributed by atoms with E-state index in [4.69, 9.17) is 0 Å². The van der Waals surface area contributed by atoms with Gasteiger partial charge in [0, 0.05) is 0 Å². The third kappa shape index (κ3) is 4.26. The van der Waals surface area contributed by atoms with E-state index < -0.39 is 0 Å². The van der Waals surface area contributed by atoms with Crippen LogP contribution in [0.2, 0.25) is 5.32 Å². The number of unbranched alkanes of at least 4 members (excludes halogenated alkanes) is 1. The second-order valence-corrected chi connectivity index (χ2v) is 6.47. The van der Waals surface area contributed by atoms with Crippen LogP contribution in [0, 0.1) is 0 Å². The standard InChI is InChI=1S/C12H21NO2Se/c1-2-3-9-16-12(15)13(10-14)11-7-5-4-6-8-11/h10-11H,2-9H2,1H3. The zero-order chi connectivity index (χ0) is 11.8. The molecule has 0 radical (unpaired) electrons. The van der Waals surface area contributed by atoms with Crippen LogP contribution in [0.5, 0.6) is 0 Å². The molecule has 0 spiro atoms. The van der Waals surface area contributed by atoms with Crippen molar-refractivity contribution in [1.82, 2.24) is 4.90 Å². The molecule has 92 valence electrons. The molecule has 2 amide bonds. The number of carbonyl (C=O) groups excluding carboxylic acids is 2. The number of imide groups is 1. The predicted octanol–water partition coefficient (Wildman–Crippen LogP) is 2.82. The van der Waals surface area contributed by atoms with Gasteiger partial charge in [0.2, 0.25) is 0 Å². The van der Waals surface area contributed by atoms with E-state index in [9.17, 15) is 9.59 Å². The average Bonchev–Trinajstić information content (AvgIpc) is 2.32. The van der Waals surface area contributed by atoms with Crippen molar-refractivity contribution in [2.45, 2.75) is 63.2 Å². The molecule has 16 heavy (non-hydrogen) atoms. The summed E-state index contributed by atoms with van der Waals surface area (Å²) < 4.78 is 0. The molecule has 3 nitrogen and oxygen atoms in total. The van der Waals surface area contributed by atoms with Crippen molar-refractivity contribution in [2.24, 2.45) is 0 Å². The molecule has 1 saturated carbocycles. The molecule has 0 aliphatic heterocycles. The summed E-state index contributed by atoms with van der Waals surface area (Å²) in [5, 5.41) is 0.972. The fraction of sp³-hybridized carbons (Fsp3) is 0.833. The van der Waals surface area contributed by atoms with E-state index in [1.165, 1.54) is 11.3 Å². The van der Waals surface area contributed by atoms with Gasteiger partial charge in [-0.05, 0) is 0 Å². The Morgan fingerprint density at radius 2 is 2.06 bits per heavy atom. The van der Waals surface area contributed by atoms with Crippen LogP contribution in [0.4, 0.5) is 4.79 Å². The molecular weight excluding hydrogens is 269 g/mol. The molecule has 0 heterocycles. The van der Waals surface area contributed by atoms with Crippen molar-refractivity contribution in [3.63, 3.8) is 0 Å². The first-order valence-corrected chi connectivity index (χ1v) is 8.26. The number of hydrogen-bond donors (Lipinski definition) is 0. The van der Waals surface area contributed by atoms with Gasteiger partial charge in [-0.15, -0.1) is 0 Å². The molecule has 1 aliphatic carbocycles. The van der Waals surface area contributed by atoms with Crippen molar-refractivity contribution >= 4 is 26.2 Å². The number of amides is 2. The summed E-state index contributed by atoms with van der Waals surface area (Å²) in [5.74, 6) is 0. The Kier molecular flexibility index (Phi) is 6.74. The van der Waals surface area contributed by atoms with Crippen molar-refractivity contribution in [3.05, 3.63) is 0 Å². The van der Waals surface area contributed by atoms with E-state index in [2.05, 4.69) is 6.92 Å². The van der Waals surface area contributed by atoms with E-state index in [0.717, 1.165) is 50.3 Å². The van der Waals surface area contributed by atoms with Gasteiger partial charge in [0.1, 0.15) is 0 Å². The van der Waals surface area contributed by atoms with Crippen LogP contribution in [0.3, 0.4) is 0 Å². The molecule has 0 saturated heterocycles. The van der Waals surface area contributed by atoms with Crippen molar-refractivity contribution in [2.75, 3.05) is 0 Å². The zero-order valence-electron chi connectivity index (χ0n) is 9.98. The SMILES string of the molecule is CCCC[Se]C(=O)N(C=O)C1CCCCC1. The summed E-state index contributed by atoms with van der Waals surface area (Å²) in [4.78, 5) is 24.4. The maximum absolute atomic E-state index is 11.9.